The van der Waals surface area contributed by atoms with E-state index >= 15 is 0 Å². The van der Waals surface area contributed by atoms with Crippen LogP contribution in [0.5, 0.6) is 17.2 Å². The monoisotopic (exact) mass is 258 g/mol. The van der Waals surface area contributed by atoms with E-state index in [-0.39, 0.29) is 17.1 Å². The van der Waals surface area contributed by atoms with Crippen LogP contribution in [0.25, 0.3) is 0 Å². The molecule has 0 aliphatic heterocycles. The highest BCUT2D eigenvalue weighted by atomic mass is 16.5. The standard InChI is InChI=1S/C15H14O4/c1-18-15-8-12(7-14(17)13(15)9-16)19-10-11-5-3-2-4-6-11/h2-9,17H,10H2,1H3. The second-order valence-electron chi connectivity index (χ2n) is 3.95. The number of phenolic OH excluding ortho intramolecular Hbond substituents is 1. The molecule has 0 bridgehead atoms. The lowest BCUT2D eigenvalue weighted by molar-refractivity contribution is 0.111. The van der Waals surface area contributed by atoms with Gasteiger partial charge in [-0.15, -0.1) is 0 Å². The minimum Gasteiger partial charge on any atom is -0.507 e. The van der Waals surface area contributed by atoms with Crippen LogP contribution >= 0.6 is 0 Å². The fourth-order valence-electron chi connectivity index (χ4n) is 1.70. The Kier molecular flexibility index (Phi) is 4.03. The molecule has 0 radical (unpaired) electrons. The highest BCUT2D eigenvalue weighted by Crippen LogP contribution is 2.32. The van der Waals surface area contributed by atoms with E-state index in [0.29, 0.717) is 18.6 Å². The maximum absolute atomic E-state index is 10.8. The van der Waals surface area contributed by atoms with Crippen molar-refractivity contribution in [3.63, 3.8) is 0 Å². The molecule has 2 aromatic carbocycles. The summed E-state index contributed by atoms with van der Waals surface area (Å²) in [7, 11) is 1.43. The summed E-state index contributed by atoms with van der Waals surface area (Å²) in [6.07, 6.45) is 0.551. The number of aromatic hydroxyl groups is 1. The van der Waals surface area contributed by atoms with Crippen LogP contribution in [0, 0.1) is 0 Å². The maximum Gasteiger partial charge on any atom is 0.157 e. The average molecular weight is 258 g/mol. The van der Waals surface area contributed by atoms with E-state index in [2.05, 4.69) is 0 Å². The van der Waals surface area contributed by atoms with E-state index in [9.17, 15) is 9.90 Å². The predicted molar refractivity (Wildman–Crippen MR) is 70.8 cm³/mol. The van der Waals surface area contributed by atoms with Crippen LogP contribution in [0.1, 0.15) is 15.9 Å². The second kappa shape index (κ2) is 5.91. The number of rotatable bonds is 5. The molecule has 4 heteroatoms. The number of carbonyl (C=O) groups is 1. The first-order valence-corrected chi connectivity index (χ1v) is 5.77. The van der Waals surface area contributed by atoms with Gasteiger partial charge in [-0.25, -0.2) is 0 Å². The first-order chi connectivity index (χ1) is 9.24. The van der Waals surface area contributed by atoms with E-state index in [1.165, 1.54) is 13.2 Å². The minimum absolute atomic E-state index is 0.120. The molecule has 0 fully saturated rings. The van der Waals surface area contributed by atoms with E-state index in [1.807, 2.05) is 30.3 Å². The zero-order chi connectivity index (χ0) is 13.7. The molecule has 2 rings (SSSR count). The Morgan fingerprint density at radius 3 is 2.58 bits per heavy atom. The highest BCUT2D eigenvalue weighted by molar-refractivity contribution is 5.84. The van der Waals surface area contributed by atoms with Crippen LogP contribution in [0.15, 0.2) is 42.5 Å². The summed E-state index contributed by atoms with van der Waals surface area (Å²) in [5.74, 6) is 0.583. The molecule has 98 valence electrons. The number of methoxy groups -OCH3 is 1. The van der Waals surface area contributed by atoms with E-state index in [1.54, 1.807) is 6.07 Å². The fraction of sp³-hybridized carbons (Fsp3) is 0.133. The van der Waals surface area contributed by atoms with Crippen LogP contribution in [-0.4, -0.2) is 18.5 Å². The molecule has 0 amide bonds. The molecule has 0 aliphatic rings. The lowest BCUT2D eigenvalue weighted by Crippen LogP contribution is -1.97. The van der Waals surface area contributed by atoms with Crippen molar-refractivity contribution in [3.8, 4) is 17.2 Å². The summed E-state index contributed by atoms with van der Waals surface area (Å²) in [5.41, 5.74) is 1.13. The normalized spacial score (nSPS) is 9.95. The third-order valence-electron chi connectivity index (χ3n) is 2.68. The molecule has 0 atom stereocenters. The van der Waals surface area contributed by atoms with E-state index in [0.717, 1.165) is 5.56 Å². The molecule has 0 heterocycles. The van der Waals surface area contributed by atoms with Gasteiger partial charge in [0, 0.05) is 12.1 Å². The van der Waals surface area contributed by atoms with Crippen LogP contribution in [0.4, 0.5) is 0 Å². The number of ether oxygens (including phenoxy) is 2. The molecular formula is C15H14O4. The van der Waals surface area contributed by atoms with Crippen molar-refractivity contribution in [1.29, 1.82) is 0 Å². The number of carbonyl (C=O) groups excluding carboxylic acids is 1. The number of benzene rings is 2. The molecule has 4 nitrogen and oxygen atoms in total. The Balaban J connectivity index is 2.17. The Morgan fingerprint density at radius 1 is 1.21 bits per heavy atom. The van der Waals surface area contributed by atoms with E-state index < -0.39 is 0 Å². The third-order valence-corrected chi connectivity index (χ3v) is 2.68. The van der Waals surface area contributed by atoms with Gasteiger partial charge in [-0.1, -0.05) is 30.3 Å². The van der Waals surface area contributed by atoms with E-state index in [4.69, 9.17) is 9.47 Å². The number of aldehydes is 1. The minimum atomic E-state index is -0.155. The lowest BCUT2D eigenvalue weighted by Gasteiger charge is -2.10. The molecule has 0 saturated heterocycles. The second-order valence-corrected chi connectivity index (χ2v) is 3.95. The van der Waals surface area contributed by atoms with Crippen LogP contribution in [0.2, 0.25) is 0 Å². The first-order valence-electron chi connectivity index (χ1n) is 5.77. The Hall–Kier alpha value is -2.49. The van der Waals surface area contributed by atoms with Gasteiger partial charge in [0.05, 0.1) is 12.7 Å². The Labute approximate surface area is 111 Å². The number of hydrogen-bond acceptors (Lipinski definition) is 4. The summed E-state index contributed by atoms with van der Waals surface area (Å²) in [6, 6.07) is 12.6. The van der Waals surface area contributed by atoms with Gasteiger partial charge in [-0.3, -0.25) is 4.79 Å². The summed E-state index contributed by atoms with van der Waals surface area (Å²) < 4.78 is 10.6. The maximum atomic E-state index is 10.8. The Morgan fingerprint density at radius 2 is 1.95 bits per heavy atom. The van der Waals surface area contributed by atoms with Crippen molar-refractivity contribution in [2.45, 2.75) is 6.61 Å². The molecule has 0 aliphatic carbocycles. The molecule has 0 aromatic heterocycles. The summed E-state index contributed by atoms with van der Waals surface area (Å²) in [5, 5.41) is 9.71. The van der Waals surface area contributed by atoms with Crippen molar-refractivity contribution in [3.05, 3.63) is 53.6 Å². The van der Waals surface area contributed by atoms with Gasteiger partial charge in [0.2, 0.25) is 0 Å². The SMILES string of the molecule is COc1cc(OCc2ccccc2)cc(O)c1C=O. The summed E-state index contributed by atoms with van der Waals surface area (Å²) >= 11 is 0. The summed E-state index contributed by atoms with van der Waals surface area (Å²) in [6.45, 7) is 0.379. The molecule has 1 N–H and O–H groups in total. The third kappa shape index (κ3) is 3.04. The summed E-state index contributed by atoms with van der Waals surface area (Å²) in [4.78, 5) is 10.8. The quantitative estimate of drug-likeness (QED) is 0.838. The largest absolute Gasteiger partial charge is 0.507 e. The van der Waals surface area contributed by atoms with Crippen LogP contribution < -0.4 is 9.47 Å². The zero-order valence-electron chi connectivity index (χ0n) is 10.5. The van der Waals surface area contributed by atoms with Gasteiger partial charge >= 0.3 is 0 Å². The van der Waals surface area contributed by atoms with Crippen LogP contribution in [0.3, 0.4) is 0 Å². The molecule has 2 aromatic rings. The van der Waals surface area contributed by atoms with Gasteiger partial charge in [0.15, 0.2) is 6.29 Å². The highest BCUT2D eigenvalue weighted by Gasteiger charge is 2.11. The Bertz CT molecular complexity index is 564. The molecule has 19 heavy (non-hydrogen) atoms. The molecular weight excluding hydrogens is 244 g/mol. The van der Waals surface area contributed by atoms with Gasteiger partial charge in [-0.05, 0) is 5.56 Å². The zero-order valence-corrected chi connectivity index (χ0v) is 10.5. The van der Waals surface area contributed by atoms with Crippen molar-refractivity contribution < 1.29 is 19.4 Å². The first kappa shape index (κ1) is 13.0. The van der Waals surface area contributed by atoms with Gasteiger partial charge < -0.3 is 14.6 Å². The topological polar surface area (TPSA) is 55.8 Å². The molecule has 0 spiro atoms. The van der Waals surface area contributed by atoms with Gasteiger partial charge in [0.25, 0.3) is 0 Å². The number of phenols is 1. The lowest BCUT2D eigenvalue weighted by atomic mass is 10.2. The smallest absolute Gasteiger partial charge is 0.157 e. The fourth-order valence-corrected chi connectivity index (χ4v) is 1.70. The van der Waals surface area contributed by atoms with Crippen LogP contribution in [-0.2, 0) is 6.61 Å². The van der Waals surface area contributed by atoms with Crippen molar-refractivity contribution >= 4 is 6.29 Å². The van der Waals surface area contributed by atoms with Crippen molar-refractivity contribution in [2.24, 2.45) is 0 Å². The predicted octanol–water partition coefficient (Wildman–Crippen LogP) is 2.79. The van der Waals surface area contributed by atoms with Crippen molar-refractivity contribution in [1.82, 2.24) is 0 Å². The van der Waals surface area contributed by atoms with Gasteiger partial charge in [-0.2, -0.15) is 0 Å². The van der Waals surface area contributed by atoms with Gasteiger partial charge in [0.1, 0.15) is 23.9 Å². The van der Waals surface area contributed by atoms with Crippen molar-refractivity contribution in [2.75, 3.05) is 7.11 Å². The average Bonchev–Trinajstić information content (AvgIpc) is 2.45. The number of hydrogen-bond donors (Lipinski definition) is 1. The molecule has 0 saturated carbocycles. The molecule has 0 unspecified atom stereocenters.